The van der Waals surface area contributed by atoms with Crippen molar-refractivity contribution in [3.8, 4) is 5.69 Å². The highest BCUT2D eigenvalue weighted by Gasteiger charge is 2.22. The third-order valence-electron chi connectivity index (χ3n) is 4.11. The molecule has 0 saturated carbocycles. The molecule has 4 rings (SSSR count). The summed E-state index contributed by atoms with van der Waals surface area (Å²) in [5.41, 5.74) is 1.41. The first kappa shape index (κ1) is 21.6. The Bertz CT molecular complexity index is 1220. The van der Waals surface area contributed by atoms with Gasteiger partial charge < -0.3 is 5.32 Å². The number of rotatable bonds is 6. The molecule has 0 atom stereocenters. The van der Waals surface area contributed by atoms with Crippen LogP contribution in [0.5, 0.6) is 0 Å². The minimum Gasteiger partial charge on any atom is -0.318 e. The van der Waals surface area contributed by atoms with Gasteiger partial charge in [0.05, 0.1) is 17.1 Å². The van der Waals surface area contributed by atoms with Gasteiger partial charge in [-0.25, -0.2) is 19.0 Å². The smallest absolute Gasteiger partial charge is 0.278 e. The van der Waals surface area contributed by atoms with E-state index in [9.17, 15) is 9.18 Å². The summed E-state index contributed by atoms with van der Waals surface area (Å²) in [6.45, 7) is 0. The zero-order valence-electron chi connectivity index (χ0n) is 15.7. The van der Waals surface area contributed by atoms with Crippen molar-refractivity contribution >= 4 is 55.2 Å². The lowest BCUT2D eigenvalue weighted by atomic mass is 10.2. The molecule has 0 spiro atoms. The van der Waals surface area contributed by atoms with E-state index in [1.165, 1.54) is 23.9 Å². The molecule has 7 nitrogen and oxygen atoms in total. The Labute approximate surface area is 197 Å². The molecule has 4 aromatic rings. The second-order valence-electron chi connectivity index (χ2n) is 6.17. The summed E-state index contributed by atoms with van der Waals surface area (Å²) < 4.78 is 17.3. The van der Waals surface area contributed by atoms with E-state index in [1.807, 2.05) is 24.3 Å². The molecule has 2 aromatic carbocycles. The lowest BCUT2D eigenvalue weighted by Gasteiger charge is -2.09. The summed E-state index contributed by atoms with van der Waals surface area (Å²) in [6.07, 6.45) is 3.28. The number of nitrogens with zero attached hydrogens (tertiary/aromatic N) is 5. The number of anilines is 1. The minimum atomic E-state index is -0.561. The largest absolute Gasteiger partial charge is 0.318 e. The SMILES string of the molecule is O=C(Nc1ccc(Br)cc1F)c1nnn(-c2ccc(Br)cc2)c1CSc1ncccn1. The van der Waals surface area contributed by atoms with Crippen LogP contribution in [0.1, 0.15) is 16.2 Å². The molecule has 2 aromatic heterocycles. The highest BCUT2D eigenvalue weighted by Crippen LogP contribution is 2.25. The van der Waals surface area contributed by atoms with Gasteiger partial charge in [-0.2, -0.15) is 0 Å². The van der Waals surface area contributed by atoms with Crippen LogP contribution >= 0.6 is 43.6 Å². The minimum absolute atomic E-state index is 0.0522. The van der Waals surface area contributed by atoms with E-state index in [2.05, 4.69) is 57.5 Å². The van der Waals surface area contributed by atoms with Gasteiger partial charge in [-0.1, -0.05) is 48.8 Å². The molecule has 0 saturated heterocycles. The quantitative estimate of drug-likeness (QED) is 0.254. The third-order valence-corrected chi connectivity index (χ3v) is 6.02. The molecule has 0 unspecified atom stereocenters. The first-order valence-corrected chi connectivity index (χ1v) is 11.4. The number of carbonyl (C=O) groups excluding carboxylic acids is 1. The zero-order chi connectivity index (χ0) is 21.8. The molecule has 0 aliphatic carbocycles. The maximum absolute atomic E-state index is 14.2. The molecule has 31 heavy (non-hydrogen) atoms. The Kier molecular flexibility index (Phi) is 6.73. The molecular weight excluding hydrogens is 551 g/mol. The molecule has 1 N–H and O–H groups in total. The maximum atomic E-state index is 14.2. The van der Waals surface area contributed by atoms with E-state index in [4.69, 9.17) is 0 Å². The predicted molar refractivity (Wildman–Crippen MR) is 123 cm³/mol. The van der Waals surface area contributed by atoms with Gasteiger partial charge in [0.15, 0.2) is 10.9 Å². The highest BCUT2D eigenvalue weighted by atomic mass is 79.9. The predicted octanol–water partition coefficient (Wildman–Crippen LogP) is 5.27. The molecule has 2 heterocycles. The van der Waals surface area contributed by atoms with Crippen LogP contribution in [0.4, 0.5) is 10.1 Å². The maximum Gasteiger partial charge on any atom is 0.278 e. The normalized spacial score (nSPS) is 10.8. The zero-order valence-corrected chi connectivity index (χ0v) is 19.7. The Morgan fingerprint density at radius 1 is 1.06 bits per heavy atom. The fourth-order valence-electron chi connectivity index (χ4n) is 2.66. The molecular formula is C20H13Br2FN6OS. The number of halogens is 3. The van der Waals surface area contributed by atoms with Crippen molar-refractivity contribution in [2.24, 2.45) is 0 Å². The van der Waals surface area contributed by atoms with Gasteiger partial charge in [-0.3, -0.25) is 4.79 Å². The van der Waals surface area contributed by atoms with Crippen LogP contribution in [-0.4, -0.2) is 30.9 Å². The van der Waals surface area contributed by atoms with Crippen molar-refractivity contribution in [3.63, 3.8) is 0 Å². The lowest BCUT2D eigenvalue weighted by Crippen LogP contribution is -2.16. The van der Waals surface area contributed by atoms with Gasteiger partial charge in [-0.05, 0) is 48.5 Å². The molecule has 0 aliphatic heterocycles. The van der Waals surface area contributed by atoms with Gasteiger partial charge >= 0.3 is 0 Å². The van der Waals surface area contributed by atoms with Gasteiger partial charge in [-0.15, -0.1) is 5.10 Å². The van der Waals surface area contributed by atoms with E-state index < -0.39 is 11.7 Å². The van der Waals surface area contributed by atoms with Crippen molar-refractivity contribution in [1.82, 2.24) is 25.0 Å². The summed E-state index contributed by atoms with van der Waals surface area (Å²) in [4.78, 5) is 21.3. The molecule has 1 amide bonds. The van der Waals surface area contributed by atoms with E-state index in [0.29, 0.717) is 21.1 Å². The molecule has 0 fully saturated rings. The topological polar surface area (TPSA) is 85.6 Å². The fraction of sp³-hybridized carbons (Fsp3) is 0.0500. The van der Waals surface area contributed by atoms with Crippen molar-refractivity contribution < 1.29 is 9.18 Å². The number of amides is 1. The first-order valence-electron chi connectivity index (χ1n) is 8.88. The monoisotopic (exact) mass is 562 g/mol. The number of thioether (sulfide) groups is 1. The number of hydrogen-bond donors (Lipinski definition) is 1. The Balaban J connectivity index is 1.67. The van der Waals surface area contributed by atoms with Crippen LogP contribution in [0.2, 0.25) is 0 Å². The summed E-state index contributed by atoms with van der Waals surface area (Å²) in [5.74, 6) is -0.788. The second-order valence-corrected chi connectivity index (χ2v) is 8.95. The Hall–Kier alpha value is -2.63. The summed E-state index contributed by atoms with van der Waals surface area (Å²) >= 11 is 7.95. The van der Waals surface area contributed by atoms with Crippen molar-refractivity contribution in [1.29, 1.82) is 0 Å². The van der Waals surface area contributed by atoms with Crippen LogP contribution in [0.25, 0.3) is 5.69 Å². The van der Waals surface area contributed by atoms with Gasteiger partial charge in [0.25, 0.3) is 5.91 Å². The molecule has 156 valence electrons. The Morgan fingerprint density at radius 3 is 2.48 bits per heavy atom. The number of carbonyl (C=O) groups is 1. The summed E-state index contributed by atoms with van der Waals surface area (Å²) in [6, 6.07) is 13.5. The van der Waals surface area contributed by atoms with E-state index in [0.717, 1.165) is 10.2 Å². The van der Waals surface area contributed by atoms with Crippen LogP contribution in [0.3, 0.4) is 0 Å². The summed E-state index contributed by atoms with van der Waals surface area (Å²) in [7, 11) is 0. The van der Waals surface area contributed by atoms with Crippen molar-refractivity contribution in [3.05, 3.63) is 87.1 Å². The molecule has 0 aliphatic rings. The lowest BCUT2D eigenvalue weighted by molar-refractivity contribution is 0.102. The average molecular weight is 564 g/mol. The number of hydrogen-bond acceptors (Lipinski definition) is 6. The van der Waals surface area contributed by atoms with Crippen LogP contribution in [0.15, 0.2) is 75.0 Å². The van der Waals surface area contributed by atoms with E-state index in [1.54, 1.807) is 29.2 Å². The molecule has 0 radical (unpaired) electrons. The van der Waals surface area contributed by atoms with Crippen LogP contribution in [0, 0.1) is 5.82 Å². The third kappa shape index (κ3) is 5.17. The van der Waals surface area contributed by atoms with E-state index >= 15 is 0 Å². The van der Waals surface area contributed by atoms with Crippen molar-refractivity contribution in [2.45, 2.75) is 10.9 Å². The van der Waals surface area contributed by atoms with Gasteiger partial charge in [0.1, 0.15) is 5.82 Å². The van der Waals surface area contributed by atoms with Crippen LogP contribution in [-0.2, 0) is 5.75 Å². The number of benzene rings is 2. The highest BCUT2D eigenvalue weighted by molar-refractivity contribution is 9.10. The second kappa shape index (κ2) is 9.67. The number of aromatic nitrogens is 5. The average Bonchev–Trinajstić information content (AvgIpc) is 3.19. The van der Waals surface area contributed by atoms with Crippen molar-refractivity contribution in [2.75, 3.05) is 5.32 Å². The van der Waals surface area contributed by atoms with Crippen LogP contribution < -0.4 is 5.32 Å². The number of nitrogens with one attached hydrogen (secondary N) is 1. The first-order chi connectivity index (χ1) is 15.0. The fourth-order valence-corrected chi connectivity index (χ4v) is 4.06. The van der Waals surface area contributed by atoms with Gasteiger partial charge in [0, 0.05) is 27.1 Å². The Morgan fingerprint density at radius 2 is 1.77 bits per heavy atom. The molecule has 0 bridgehead atoms. The molecule has 11 heteroatoms. The van der Waals surface area contributed by atoms with E-state index in [-0.39, 0.29) is 11.4 Å². The standard InChI is InChI=1S/C20H13Br2FN6OS/c21-12-2-5-14(6-3-12)29-17(11-31-20-24-8-1-9-25-20)18(27-28-29)19(30)26-16-7-4-13(22)10-15(16)23/h1-10H,11H2,(H,26,30). The van der Waals surface area contributed by atoms with Gasteiger partial charge in [0.2, 0.25) is 0 Å². The summed E-state index contributed by atoms with van der Waals surface area (Å²) in [5, 5.41) is 11.4.